The minimum atomic E-state index is -1.34. The molecule has 0 unspecified atom stereocenters. The van der Waals surface area contributed by atoms with E-state index < -0.39 is 3.92 Å². The van der Waals surface area contributed by atoms with Gasteiger partial charge in [0.2, 0.25) is 0 Å². The molecule has 1 aliphatic rings. The van der Waals surface area contributed by atoms with Gasteiger partial charge in [-0.25, -0.2) is 4.40 Å². The van der Waals surface area contributed by atoms with E-state index in [0.717, 1.165) is 0 Å². The highest BCUT2D eigenvalue weighted by atomic mass is 35.6. The van der Waals surface area contributed by atoms with Crippen LogP contribution in [0.5, 0.6) is 0 Å². The third-order valence-corrected chi connectivity index (χ3v) is 2.07. The van der Waals surface area contributed by atoms with E-state index in [4.69, 9.17) is 34.8 Å². The highest BCUT2D eigenvalue weighted by Gasteiger charge is 2.29. The van der Waals surface area contributed by atoms with Crippen molar-refractivity contribution in [3.8, 4) is 0 Å². The maximum Gasteiger partial charge on any atom is 0.269 e. The molecule has 0 aromatic heterocycles. The molecule has 0 aromatic rings. The molecule has 0 aliphatic carbocycles. The van der Waals surface area contributed by atoms with Crippen LogP contribution in [0.3, 0.4) is 0 Å². The van der Waals surface area contributed by atoms with Crippen LogP contribution >= 0.6 is 46.8 Å². The maximum absolute atomic E-state index is 5.49. The predicted molar refractivity (Wildman–Crippen MR) is 43.1 cm³/mol. The smallest absolute Gasteiger partial charge is 0.269 e. The normalized spacial score (nSPS) is 19.2. The molecule has 9 heavy (non-hydrogen) atoms. The quantitative estimate of drug-likeness (QED) is 0.342. The van der Waals surface area contributed by atoms with E-state index in [9.17, 15) is 0 Å². The van der Waals surface area contributed by atoms with Crippen LogP contribution in [0.25, 0.3) is 0 Å². The van der Waals surface area contributed by atoms with Gasteiger partial charge in [-0.15, -0.1) is 0 Å². The molecule has 0 saturated heterocycles. The first-order chi connectivity index (χ1) is 4.11. The lowest BCUT2D eigenvalue weighted by atomic mass is 10.9. The SMILES string of the molecule is ClC(Cl)(Cl)N1C=NSC1. The minimum Gasteiger partial charge on any atom is -0.307 e. The van der Waals surface area contributed by atoms with E-state index in [-0.39, 0.29) is 0 Å². The van der Waals surface area contributed by atoms with Crippen LogP contribution in [0.4, 0.5) is 0 Å². The first-order valence-corrected chi connectivity index (χ1v) is 4.17. The summed E-state index contributed by atoms with van der Waals surface area (Å²) in [5, 5.41) is 0. The fraction of sp³-hybridized carbons (Fsp3) is 0.667. The highest BCUT2D eigenvalue weighted by molar-refractivity contribution is 7.98. The lowest BCUT2D eigenvalue weighted by Crippen LogP contribution is -2.30. The largest absolute Gasteiger partial charge is 0.307 e. The lowest BCUT2D eigenvalue weighted by Gasteiger charge is -2.21. The third-order valence-electron chi connectivity index (χ3n) is 0.784. The van der Waals surface area contributed by atoms with E-state index >= 15 is 0 Å². The van der Waals surface area contributed by atoms with Gasteiger partial charge < -0.3 is 4.90 Å². The predicted octanol–water partition coefficient (Wildman–Crippen LogP) is 2.26. The minimum absolute atomic E-state index is 0.608. The fourth-order valence-electron chi connectivity index (χ4n) is 0.358. The van der Waals surface area contributed by atoms with Gasteiger partial charge in [-0.3, -0.25) is 0 Å². The Balaban J connectivity index is 2.53. The summed E-state index contributed by atoms with van der Waals surface area (Å²) in [7, 11) is 0. The molecule has 6 heteroatoms. The van der Waals surface area contributed by atoms with Gasteiger partial charge in [-0.05, 0) is 11.9 Å². The number of alkyl halides is 3. The molecule has 1 aliphatic heterocycles. The van der Waals surface area contributed by atoms with Gasteiger partial charge in [0.25, 0.3) is 3.92 Å². The van der Waals surface area contributed by atoms with Crippen LogP contribution in [0.1, 0.15) is 0 Å². The van der Waals surface area contributed by atoms with Gasteiger partial charge in [-0.1, -0.05) is 34.8 Å². The summed E-state index contributed by atoms with van der Waals surface area (Å²) in [6, 6.07) is 0. The zero-order valence-corrected chi connectivity index (χ0v) is 7.31. The monoisotopic (exact) mass is 204 g/mol. The van der Waals surface area contributed by atoms with Gasteiger partial charge in [0.15, 0.2) is 0 Å². The van der Waals surface area contributed by atoms with Crippen LogP contribution in [0.2, 0.25) is 0 Å². The van der Waals surface area contributed by atoms with Crippen LogP contribution in [0, 0.1) is 0 Å². The molecule has 0 bridgehead atoms. The van der Waals surface area contributed by atoms with Crippen LogP contribution < -0.4 is 0 Å². The van der Waals surface area contributed by atoms with Crippen molar-refractivity contribution in [3.63, 3.8) is 0 Å². The number of rotatable bonds is 0. The Morgan fingerprint density at radius 2 is 2.22 bits per heavy atom. The molecule has 1 rings (SSSR count). The van der Waals surface area contributed by atoms with Crippen molar-refractivity contribution in [2.75, 3.05) is 5.88 Å². The highest BCUT2D eigenvalue weighted by Crippen LogP contribution is 2.33. The average Bonchev–Trinajstić information content (AvgIpc) is 2.08. The van der Waals surface area contributed by atoms with Crippen molar-refractivity contribution in [1.29, 1.82) is 0 Å². The molecule has 0 N–H and O–H groups in total. The van der Waals surface area contributed by atoms with Gasteiger partial charge >= 0.3 is 0 Å². The second-order valence-corrected chi connectivity index (χ2v) is 4.37. The Labute approximate surface area is 72.3 Å². The van der Waals surface area contributed by atoms with E-state index in [1.54, 1.807) is 0 Å². The van der Waals surface area contributed by atoms with Gasteiger partial charge in [0, 0.05) is 0 Å². The van der Waals surface area contributed by atoms with Crippen molar-refractivity contribution < 1.29 is 0 Å². The second-order valence-electron chi connectivity index (χ2n) is 1.42. The summed E-state index contributed by atoms with van der Waals surface area (Å²) in [5.41, 5.74) is 0. The molecule has 0 fully saturated rings. The first kappa shape index (κ1) is 7.79. The summed E-state index contributed by atoms with van der Waals surface area (Å²) < 4.78 is 2.46. The van der Waals surface area contributed by atoms with Gasteiger partial charge in [0.1, 0.15) is 6.34 Å². The van der Waals surface area contributed by atoms with E-state index in [1.807, 2.05) is 0 Å². The van der Waals surface area contributed by atoms with E-state index in [2.05, 4.69) is 4.40 Å². The number of hydrogen-bond acceptors (Lipinski definition) is 3. The average molecular weight is 205 g/mol. The molecule has 0 spiro atoms. The fourth-order valence-corrected chi connectivity index (χ4v) is 1.51. The Kier molecular flexibility index (Phi) is 2.37. The van der Waals surface area contributed by atoms with Crippen LogP contribution in [0.15, 0.2) is 4.40 Å². The van der Waals surface area contributed by atoms with Crippen molar-refractivity contribution in [3.05, 3.63) is 0 Å². The van der Waals surface area contributed by atoms with Crippen molar-refractivity contribution in [1.82, 2.24) is 4.90 Å². The summed E-state index contributed by atoms with van der Waals surface area (Å²) >= 11 is 17.8. The van der Waals surface area contributed by atoms with Crippen molar-refractivity contribution in [2.45, 2.75) is 3.92 Å². The molecule has 0 radical (unpaired) electrons. The molecule has 52 valence electrons. The molecule has 0 aromatic carbocycles. The molecule has 2 nitrogen and oxygen atoms in total. The zero-order valence-electron chi connectivity index (χ0n) is 4.22. The number of nitrogens with zero attached hydrogens (tertiary/aromatic N) is 2. The summed E-state index contributed by atoms with van der Waals surface area (Å²) in [5.74, 6) is 0.608. The van der Waals surface area contributed by atoms with E-state index in [1.165, 1.54) is 23.2 Å². The zero-order chi connectivity index (χ0) is 6.91. The lowest BCUT2D eigenvalue weighted by molar-refractivity contribution is 0.525. The van der Waals surface area contributed by atoms with Crippen LogP contribution in [-0.2, 0) is 0 Å². The number of hydrogen-bond donors (Lipinski definition) is 0. The second kappa shape index (κ2) is 2.74. The Hall–Kier alpha value is 0.690. The Morgan fingerprint density at radius 3 is 2.44 bits per heavy atom. The Bertz CT molecular complexity index is 132. The summed E-state index contributed by atoms with van der Waals surface area (Å²) in [6.45, 7) is 0. The standard InChI is InChI=1S/C3H3Cl3N2S/c4-3(5,6)8-1-7-9-2-8/h1H,2H2. The van der Waals surface area contributed by atoms with E-state index in [0.29, 0.717) is 5.88 Å². The molecular weight excluding hydrogens is 202 g/mol. The molecule has 1 heterocycles. The van der Waals surface area contributed by atoms with Gasteiger partial charge in [0.05, 0.1) is 5.88 Å². The number of halogens is 3. The molecule has 0 saturated carbocycles. The third kappa shape index (κ3) is 2.08. The molecule has 0 atom stereocenters. The summed E-state index contributed by atoms with van der Waals surface area (Å²) in [6.07, 6.45) is 1.51. The topological polar surface area (TPSA) is 15.6 Å². The van der Waals surface area contributed by atoms with Crippen molar-refractivity contribution >= 4 is 53.1 Å². The van der Waals surface area contributed by atoms with Crippen molar-refractivity contribution in [2.24, 2.45) is 4.40 Å². The van der Waals surface area contributed by atoms with Gasteiger partial charge in [-0.2, -0.15) is 0 Å². The maximum atomic E-state index is 5.49. The molecule has 0 amide bonds. The summed E-state index contributed by atoms with van der Waals surface area (Å²) in [4.78, 5) is 1.52. The van der Waals surface area contributed by atoms with Crippen LogP contribution in [-0.4, -0.2) is 21.0 Å². The Morgan fingerprint density at radius 1 is 1.56 bits per heavy atom. The molecular formula is C3H3Cl3N2S. The first-order valence-electron chi connectivity index (χ1n) is 2.09.